The first-order valence-corrected chi connectivity index (χ1v) is 4.48. The summed E-state index contributed by atoms with van der Waals surface area (Å²) < 4.78 is 0. The van der Waals surface area contributed by atoms with E-state index in [2.05, 4.69) is 10.6 Å². The van der Waals surface area contributed by atoms with Crippen LogP contribution in [-0.2, 0) is 9.59 Å². The molecule has 6 nitrogen and oxygen atoms in total. The Bertz CT molecular complexity index is 443. The lowest BCUT2D eigenvalue weighted by atomic mass is 10.1. The molecule has 0 aromatic heterocycles. The molecule has 3 amide bonds. The number of rotatable bonds is 2. The molecule has 0 heterocycles. The molecule has 0 radical (unpaired) electrons. The second kappa shape index (κ2) is 4.92. The number of hydrogen-bond donors (Lipinski definition) is 3. The lowest BCUT2D eigenvalue weighted by molar-refractivity contribution is -0.134. The van der Waals surface area contributed by atoms with E-state index in [0.29, 0.717) is 0 Å². The van der Waals surface area contributed by atoms with Crippen LogP contribution in [0.25, 0.3) is 0 Å². The standard InChI is InChI=1S/C10H11N3O3/c1-12-9(15)6-4-2-3-5-7(6)13-10(16)8(11)14/h2-5H,1H3,(H2,11,14)(H,12,15)(H,13,16). The molecule has 0 saturated heterocycles. The zero-order valence-electron chi connectivity index (χ0n) is 8.61. The van der Waals surface area contributed by atoms with E-state index in [9.17, 15) is 14.4 Å². The van der Waals surface area contributed by atoms with Gasteiger partial charge in [-0.1, -0.05) is 12.1 Å². The SMILES string of the molecule is CNC(=O)c1ccccc1NC(=O)C(N)=O. The third-order valence-electron chi connectivity index (χ3n) is 1.87. The first-order chi connectivity index (χ1) is 7.56. The van der Waals surface area contributed by atoms with E-state index < -0.39 is 11.8 Å². The molecular weight excluding hydrogens is 210 g/mol. The van der Waals surface area contributed by atoms with Gasteiger partial charge in [0.05, 0.1) is 11.3 Å². The largest absolute Gasteiger partial charge is 0.361 e. The normalized spacial score (nSPS) is 9.31. The predicted octanol–water partition coefficient (Wildman–Crippen LogP) is -0.530. The molecule has 84 valence electrons. The number of hydrogen-bond acceptors (Lipinski definition) is 3. The van der Waals surface area contributed by atoms with Crippen LogP contribution in [0.2, 0.25) is 0 Å². The molecule has 0 unspecified atom stereocenters. The van der Waals surface area contributed by atoms with Gasteiger partial charge in [-0.05, 0) is 12.1 Å². The number of carbonyl (C=O) groups is 3. The van der Waals surface area contributed by atoms with Crippen LogP contribution in [0.4, 0.5) is 5.69 Å². The highest BCUT2D eigenvalue weighted by Gasteiger charge is 2.14. The van der Waals surface area contributed by atoms with Gasteiger partial charge in [0.1, 0.15) is 0 Å². The summed E-state index contributed by atoms with van der Waals surface area (Å²) >= 11 is 0. The fraction of sp³-hybridized carbons (Fsp3) is 0.100. The van der Waals surface area contributed by atoms with Crippen LogP contribution in [0.5, 0.6) is 0 Å². The van der Waals surface area contributed by atoms with E-state index in [-0.39, 0.29) is 17.2 Å². The highest BCUT2D eigenvalue weighted by Crippen LogP contribution is 2.14. The van der Waals surface area contributed by atoms with Crippen LogP contribution in [0, 0.1) is 0 Å². The molecule has 6 heteroatoms. The minimum atomic E-state index is -1.10. The van der Waals surface area contributed by atoms with Crippen LogP contribution in [0.3, 0.4) is 0 Å². The van der Waals surface area contributed by atoms with Gasteiger partial charge < -0.3 is 16.4 Å². The van der Waals surface area contributed by atoms with Gasteiger partial charge in [-0.15, -0.1) is 0 Å². The summed E-state index contributed by atoms with van der Waals surface area (Å²) in [6.07, 6.45) is 0. The highest BCUT2D eigenvalue weighted by atomic mass is 16.2. The number of para-hydroxylation sites is 1. The van der Waals surface area contributed by atoms with Crippen LogP contribution in [-0.4, -0.2) is 24.8 Å². The average molecular weight is 221 g/mol. The Morgan fingerprint density at radius 3 is 2.38 bits per heavy atom. The van der Waals surface area contributed by atoms with Crippen molar-refractivity contribution in [3.63, 3.8) is 0 Å². The molecule has 1 aromatic carbocycles. The summed E-state index contributed by atoms with van der Waals surface area (Å²) in [5.41, 5.74) is 5.30. The molecule has 0 aliphatic rings. The second-order valence-corrected chi connectivity index (χ2v) is 2.94. The summed E-state index contributed by atoms with van der Waals surface area (Å²) in [4.78, 5) is 33.0. The molecule has 0 aliphatic heterocycles. The number of primary amides is 1. The van der Waals surface area contributed by atoms with Crippen molar-refractivity contribution < 1.29 is 14.4 Å². The van der Waals surface area contributed by atoms with Crippen LogP contribution in [0.15, 0.2) is 24.3 Å². The van der Waals surface area contributed by atoms with E-state index in [1.54, 1.807) is 12.1 Å². The lowest BCUT2D eigenvalue weighted by Crippen LogP contribution is -2.30. The van der Waals surface area contributed by atoms with Crippen molar-refractivity contribution in [2.24, 2.45) is 5.73 Å². The zero-order chi connectivity index (χ0) is 12.1. The van der Waals surface area contributed by atoms with E-state index in [1.807, 2.05) is 0 Å². The zero-order valence-corrected chi connectivity index (χ0v) is 8.61. The topological polar surface area (TPSA) is 101 Å². The van der Waals surface area contributed by atoms with Crippen LogP contribution >= 0.6 is 0 Å². The monoisotopic (exact) mass is 221 g/mol. The van der Waals surface area contributed by atoms with E-state index in [0.717, 1.165) is 0 Å². The van der Waals surface area contributed by atoms with Crippen molar-refractivity contribution in [2.45, 2.75) is 0 Å². The first kappa shape index (κ1) is 11.7. The Kier molecular flexibility index (Phi) is 3.60. The molecule has 1 aromatic rings. The van der Waals surface area contributed by atoms with Gasteiger partial charge in [-0.2, -0.15) is 0 Å². The number of anilines is 1. The minimum absolute atomic E-state index is 0.241. The van der Waals surface area contributed by atoms with Crippen molar-refractivity contribution in [3.8, 4) is 0 Å². The van der Waals surface area contributed by atoms with Crippen LogP contribution < -0.4 is 16.4 Å². The summed E-state index contributed by atoms with van der Waals surface area (Å²) in [5, 5.41) is 4.67. The number of carbonyl (C=O) groups excluding carboxylic acids is 3. The summed E-state index contributed by atoms with van der Waals surface area (Å²) in [6.45, 7) is 0. The Morgan fingerprint density at radius 1 is 1.19 bits per heavy atom. The third kappa shape index (κ3) is 2.57. The maximum Gasteiger partial charge on any atom is 0.313 e. The van der Waals surface area contributed by atoms with Gasteiger partial charge in [-0.25, -0.2) is 0 Å². The number of benzene rings is 1. The van der Waals surface area contributed by atoms with E-state index in [4.69, 9.17) is 5.73 Å². The summed E-state index contributed by atoms with van der Waals surface area (Å²) in [6, 6.07) is 6.30. The van der Waals surface area contributed by atoms with Gasteiger partial charge in [0.2, 0.25) is 0 Å². The molecule has 1 rings (SSSR count). The Balaban J connectivity index is 3.00. The molecule has 0 fully saturated rings. The van der Waals surface area contributed by atoms with Gasteiger partial charge >= 0.3 is 11.8 Å². The molecule has 0 saturated carbocycles. The number of amides is 3. The molecule has 16 heavy (non-hydrogen) atoms. The Labute approximate surface area is 91.8 Å². The third-order valence-corrected chi connectivity index (χ3v) is 1.87. The fourth-order valence-electron chi connectivity index (χ4n) is 1.11. The van der Waals surface area contributed by atoms with Crippen molar-refractivity contribution >= 4 is 23.4 Å². The predicted molar refractivity (Wildman–Crippen MR) is 57.7 cm³/mol. The summed E-state index contributed by atoms with van der Waals surface area (Å²) in [7, 11) is 1.47. The smallest absolute Gasteiger partial charge is 0.313 e. The highest BCUT2D eigenvalue weighted by molar-refractivity contribution is 6.39. The van der Waals surface area contributed by atoms with Crippen LogP contribution in [0.1, 0.15) is 10.4 Å². The molecule has 0 bridgehead atoms. The number of nitrogens with two attached hydrogens (primary N) is 1. The van der Waals surface area contributed by atoms with Gasteiger partial charge in [0.15, 0.2) is 0 Å². The van der Waals surface area contributed by atoms with Gasteiger partial charge in [0, 0.05) is 7.05 Å². The van der Waals surface area contributed by atoms with Gasteiger partial charge in [-0.3, -0.25) is 14.4 Å². The number of nitrogens with one attached hydrogen (secondary N) is 2. The summed E-state index contributed by atoms with van der Waals surface area (Å²) in [5.74, 6) is -2.43. The second-order valence-electron chi connectivity index (χ2n) is 2.94. The molecule has 0 atom stereocenters. The maximum absolute atomic E-state index is 11.4. The molecule has 4 N–H and O–H groups in total. The lowest BCUT2D eigenvalue weighted by Gasteiger charge is -2.08. The maximum atomic E-state index is 11.4. The minimum Gasteiger partial charge on any atom is -0.361 e. The van der Waals surface area contributed by atoms with E-state index >= 15 is 0 Å². The van der Waals surface area contributed by atoms with Crippen molar-refractivity contribution in [1.82, 2.24) is 5.32 Å². The average Bonchev–Trinajstić information content (AvgIpc) is 2.28. The molecule has 0 aliphatic carbocycles. The van der Waals surface area contributed by atoms with Crippen molar-refractivity contribution in [1.29, 1.82) is 0 Å². The first-order valence-electron chi connectivity index (χ1n) is 4.48. The van der Waals surface area contributed by atoms with E-state index in [1.165, 1.54) is 19.2 Å². The van der Waals surface area contributed by atoms with Crippen molar-refractivity contribution in [2.75, 3.05) is 12.4 Å². The molecule has 0 spiro atoms. The Hall–Kier alpha value is -2.37. The van der Waals surface area contributed by atoms with Gasteiger partial charge in [0.25, 0.3) is 5.91 Å². The quantitative estimate of drug-likeness (QED) is 0.585. The Morgan fingerprint density at radius 2 is 1.81 bits per heavy atom. The fourth-order valence-corrected chi connectivity index (χ4v) is 1.11. The molecular formula is C10H11N3O3. The van der Waals surface area contributed by atoms with Crippen molar-refractivity contribution in [3.05, 3.63) is 29.8 Å².